The van der Waals surface area contributed by atoms with Gasteiger partial charge in [-0.05, 0) is 49.2 Å². The number of anilines is 1. The van der Waals surface area contributed by atoms with Crippen LogP contribution >= 0.6 is 0 Å². The molecule has 0 spiro atoms. The summed E-state index contributed by atoms with van der Waals surface area (Å²) in [6.45, 7) is 0.192. The standard InChI is InChI=1S/C22H25N3O5/c1-29-18-4-2-3-5-19(18)30-14-21(27)25(17-10-11-17)13-12-20(26)24-16-8-6-15(7-9-16)22(23)28/h2-9,17H,10-14H2,1H3,(H2,23,28)(H,24,26). The van der Waals surface area contributed by atoms with E-state index >= 15 is 0 Å². The molecule has 0 unspecified atom stereocenters. The van der Waals surface area contributed by atoms with E-state index < -0.39 is 5.91 Å². The Bertz CT molecular complexity index is 909. The molecule has 30 heavy (non-hydrogen) atoms. The number of hydrogen-bond donors (Lipinski definition) is 2. The summed E-state index contributed by atoms with van der Waals surface area (Å²) < 4.78 is 10.9. The van der Waals surface area contributed by atoms with Gasteiger partial charge in [-0.25, -0.2) is 0 Å². The van der Waals surface area contributed by atoms with Gasteiger partial charge in [0.1, 0.15) is 0 Å². The van der Waals surface area contributed by atoms with Crippen molar-refractivity contribution in [3.8, 4) is 11.5 Å². The van der Waals surface area contributed by atoms with Gasteiger partial charge in [-0.15, -0.1) is 0 Å². The first-order valence-electron chi connectivity index (χ1n) is 9.73. The predicted molar refractivity (Wildman–Crippen MR) is 111 cm³/mol. The van der Waals surface area contributed by atoms with Gasteiger partial charge < -0.3 is 25.4 Å². The number of nitrogens with one attached hydrogen (secondary N) is 1. The first-order valence-corrected chi connectivity index (χ1v) is 9.73. The molecule has 2 aromatic rings. The van der Waals surface area contributed by atoms with Gasteiger partial charge >= 0.3 is 0 Å². The first kappa shape index (κ1) is 21.2. The summed E-state index contributed by atoms with van der Waals surface area (Å²) >= 11 is 0. The summed E-state index contributed by atoms with van der Waals surface area (Å²) in [5, 5.41) is 2.76. The molecule has 158 valence electrons. The van der Waals surface area contributed by atoms with E-state index in [1.54, 1.807) is 54.5 Å². The van der Waals surface area contributed by atoms with Crippen molar-refractivity contribution in [2.45, 2.75) is 25.3 Å². The Morgan fingerprint density at radius 3 is 2.33 bits per heavy atom. The molecule has 1 aliphatic rings. The third kappa shape index (κ3) is 5.73. The fourth-order valence-corrected chi connectivity index (χ4v) is 3.02. The molecule has 0 bridgehead atoms. The number of nitrogens with zero attached hydrogens (tertiary/aromatic N) is 1. The number of ether oxygens (including phenoxy) is 2. The van der Waals surface area contributed by atoms with Crippen molar-refractivity contribution < 1.29 is 23.9 Å². The van der Waals surface area contributed by atoms with Crippen LogP contribution in [0.25, 0.3) is 0 Å². The molecule has 2 aromatic carbocycles. The van der Waals surface area contributed by atoms with E-state index in [0.29, 0.717) is 29.3 Å². The van der Waals surface area contributed by atoms with Crippen LogP contribution in [0, 0.1) is 0 Å². The molecule has 8 heteroatoms. The summed E-state index contributed by atoms with van der Waals surface area (Å²) in [6, 6.07) is 13.6. The fourth-order valence-electron chi connectivity index (χ4n) is 3.02. The molecule has 0 heterocycles. The van der Waals surface area contributed by atoms with Crippen LogP contribution in [0.2, 0.25) is 0 Å². The molecular formula is C22H25N3O5. The normalized spacial score (nSPS) is 12.7. The highest BCUT2D eigenvalue weighted by molar-refractivity contribution is 5.95. The highest BCUT2D eigenvalue weighted by Crippen LogP contribution is 2.28. The van der Waals surface area contributed by atoms with Crippen molar-refractivity contribution in [1.82, 2.24) is 4.90 Å². The Morgan fingerprint density at radius 1 is 1.07 bits per heavy atom. The van der Waals surface area contributed by atoms with Crippen LogP contribution in [0.1, 0.15) is 29.6 Å². The molecule has 8 nitrogen and oxygen atoms in total. The smallest absolute Gasteiger partial charge is 0.260 e. The molecule has 1 saturated carbocycles. The topological polar surface area (TPSA) is 111 Å². The highest BCUT2D eigenvalue weighted by atomic mass is 16.5. The van der Waals surface area contributed by atoms with Crippen molar-refractivity contribution in [1.29, 1.82) is 0 Å². The molecule has 3 amide bonds. The molecule has 0 atom stereocenters. The third-order valence-corrected chi connectivity index (χ3v) is 4.76. The third-order valence-electron chi connectivity index (χ3n) is 4.76. The average molecular weight is 411 g/mol. The van der Waals surface area contributed by atoms with E-state index in [4.69, 9.17) is 15.2 Å². The number of hydrogen-bond acceptors (Lipinski definition) is 5. The van der Waals surface area contributed by atoms with E-state index in [-0.39, 0.29) is 30.9 Å². The van der Waals surface area contributed by atoms with Gasteiger partial charge in [0.15, 0.2) is 18.1 Å². The largest absolute Gasteiger partial charge is 0.493 e. The summed E-state index contributed by atoms with van der Waals surface area (Å²) in [4.78, 5) is 37.7. The molecule has 0 aliphatic heterocycles. The minimum Gasteiger partial charge on any atom is -0.493 e. The Morgan fingerprint density at radius 2 is 1.73 bits per heavy atom. The van der Waals surface area contributed by atoms with Crippen molar-refractivity contribution >= 4 is 23.4 Å². The van der Waals surface area contributed by atoms with E-state index in [9.17, 15) is 14.4 Å². The summed E-state index contributed by atoms with van der Waals surface area (Å²) in [5.41, 5.74) is 6.14. The number of benzene rings is 2. The van der Waals surface area contributed by atoms with Gasteiger partial charge in [-0.3, -0.25) is 14.4 Å². The SMILES string of the molecule is COc1ccccc1OCC(=O)N(CCC(=O)Nc1ccc(C(N)=O)cc1)C1CC1. The van der Waals surface area contributed by atoms with Crippen LogP contribution in [0.3, 0.4) is 0 Å². The number of carbonyl (C=O) groups excluding carboxylic acids is 3. The Balaban J connectivity index is 1.50. The van der Waals surface area contributed by atoms with Gasteiger partial charge in [0, 0.05) is 30.3 Å². The minimum absolute atomic E-state index is 0.118. The molecule has 0 radical (unpaired) electrons. The lowest BCUT2D eigenvalue weighted by molar-refractivity contribution is -0.134. The number of rotatable bonds is 10. The van der Waals surface area contributed by atoms with Gasteiger partial charge in [-0.1, -0.05) is 12.1 Å². The molecule has 1 aliphatic carbocycles. The van der Waals surface area contributed by atoms with Crippen molar-refractivity contribution in [3.63, 3.8) is 0 Å². The first-order chi connectivity index (χ1) is 14.5. The highest BCUT2D eigenvalue weighted by Gasteiger charge is 2.32. The fraction of sp³-hybridized carbons (Fsp3) is 0.318. The van der Waals surface area contributed by atoms with Crippen LogP contribution in [-0.2, 0) is 9.59 Å². The zero-order chi connectivity index (χ0) is 21.5. The molecule has 3 rings (SSSR count). The van der Waals surface area contributed by atoms with Crippen molar-refractivity contribution in [2.24, 2.45) is 5.73 Å². The maximum atomic E-state index is 12.7. The number of methoxy groups -OCH3 is 1. The second-order valence-corrected chi connectivity index (χ2v) is 7.00. The van der Waals surface area contributed by atoms with Crippen LogP contribution in [0.15, 0.2) is 48.5 Å². The van der Waals surface area contributed by atoms with Crippen molar-refractivity contribution in [2.75, 3.05) is 25.6 Å². The van der Waals surface area contributed by atoms with Gasteiger partial charge in [-0.2, -0.15) is 0 Å². The predicted octanol–water partition coefficient (Wildman–Crippen LogP) is 2.19. The number of amides is 3. The van der Waals surface area contributed by atoms with E-state index in [1.165, 1.54) is 0 Å². The van der Waals surface area contributed by atoms with E-state index in [0.717, 1.165) is 12.8 Å². The molecule has 1 fully saturated rings. The maximum Gasteiger partial charge on any atom is 0.260 e. The van der Waals surface area contributed by atoms with Crippen LogP contribution in [0.4, 0.5) is 5.69 Å². The number of primary amides is 1. The summed E-state index contributed by atoms with van der Waals surface area (Å²) in [7, 11) is 1.54. The molecule has 0 aromatic heterocycles. The van der Waals surface area contributed by atoms with Gasteiger partial charge in [0.05, 0.1) is 7.11 Å². The van der Waals surface area contributed by atoms with E-state index in [1.807, 2.05) is 6.07 Å². The zero-order valence-corrected chi connectivity index (χ0v) is 16.8. The Kier molecular flexibility index (Phi) is 6.90. The second kappa shape index (κ2) is 9.78. The average Bonchev–Trinajstić information content (AvgIpc) is 3.58. The number of para-hydroxylation sites is 2. The Labute approximate surface area is 174 Å². The lowest BCUT2D eigenvalue weighted by Crippen LogP contribution is -2.38. The quantitative estimate of drug-likeness (QED) is 0.623. The van der Waals surface area contributed by atoms with Gasteiger partial charge in [0.2, 0.25) is 11.8 Å². The lowest BCUT2D eigenvalue weighted by atomic mass is 10.2. The molecular weight excluding hydrogens is 386 g/mol. The van der Waals surface area contributed by atoms with Crippen molar-refractivity contribution in [3.05, 3.63) is 54.1 Å². The molecule has 3 N–H and O–H groups in total. The number of nitrogens with two attached hydrogens (primary N) is 1. The molecule has 0 saturated heterocycles. The summed E-state index contributed by atoms with van der Waals surface area (Å²) in [5.74, 6) is 0.154. The van der Waals surface area contributed by atoms with Crippen LogP contribution in [-0.4, -0.2) is 48.9 Å². The van der Waals surface area contributed by atoms with Crippen LogP contribution in [0.5, 0.6) is 11.5 Å². The monoisotopic (exact) mass is 411 g/mol. The van der Waals surface area contributed by atoms with Gasteiger partial charge in [0.25, 0.3) is 5.91 Å². The summed E-state index contributed by atoms with van der Waals surface area (Å²) in [6.07, 6.45) is 2.02. The zero-order valence-electron chi connectivity index (χ0n) is 16.8. The Hall–Kier alpha value is -3.55. The second-order valence-electron chi connectivity index (χ2n) is 7.00. The van der Waals surface area contributed by atoms with Crippen LogP contribution < -0.4 is 20.5 Å². The lowest BCUT2D eigenvalue weighted by Gasteiger charge is -2.22. The minimum atomic E-state index is -0.526. The number of carbonyl (C=O) groups is 3. The van der Waals surface area contributed by atoms with E-state index in [2.05, 4.69) is 5.32 Å². The maximum absolute atomic E-state index is 12.7.